The largest absolute Gasteiger partial charge is 0.417 e. The first-order valence-corrected chi connectivity index (χ1v) is 10.5. The predicted molar refractivity (Wildman–Crippen MR) is 110 cm³/mol. The van der Waals surface area contributed by atoms with Crippen molar-refractivity contribution in [3.63, 3.8) is 0 Å². The van der Waals surface area contributed by atoms with E-state index in [-0.39, 0.29) is 27.8 Å². The molecule has 2 heterocycles. The molecule has 1 aliphatic rings. The van der Waals surface area contributed by atoms with Gasteiger partial charge in [0.25, 0.3) is 5.91 Å². The van der Waals surface area contributed by atoms with Gasteiger partial charge in [0.2, 0.25) is 0 Å². The topological polar surface area (TPSA) is 87.1 Å². The summed E-state index contributed by atoms with van der Waals surface area (Å²) in [6.07, 6.45) is -0.0794. The second-order valence-corrected chi connectivity index (χ2v) is 9.22. The van der Waals surface area contributed by atoms with Gasteiger partial charge in [-0.1, -0.05) is 6.42 Å². The molecule has 2 aromatic heterocycles. The Hall–Kier alpha value is -2.20. The summed E-state index contributed by atoms with van der Waals surface area (Å²) in [6, 6.07) is 1.02. The maximum atomic E-state index is 13.8. The van der Waals surface area contributed by atoms with Gasteiger partial charge < -0.3 is 15.7 Å². The SMILES string of the molecule is Cc1nc(C(=O)NCC(C)(C)O)sc1-c1cnc(NCC2CCC2)cc1C(F)(F)F. The molecule has 2 aromatic rings. The number of anilines is 1. The Bertz CT molecular complexity index is 918. The number of rotatable bonds is 7. The van der Waals surface area contributed by atoms with Gasteiger partial charge in [-0.3, -0.25) is 4.79 Å². The lowest BCUT2D eigenvalue weighted by Gasteiger charge is -2.25. The fraction of sp³-hybridized carbons (Fsp3) is 0.550. The normalized spacial score (nSPS) is 15.0. The van der Waals surface area contributed by atoms with Crippen molar-refractivity contribution in [3.8, 4) is 10.4 Å². The van der Waals surface area contributed by atoms with Gasteiger partial charge in [0, 0.05) is 24.8 Å². The molecule has 0 unspecified atom stereocenters. The van der Waals surface area contributed by atoms with Crippen LogP contribution in [0.4, 0.5) is 19.0 Å². The van der Waals surface area contributed by atoms with Gasteiger partial charge in [-0.2, -0.15) is 13.2 Å². The van der Waals surface area contributed by atoms with Crippen molar-refractivity contribution in [2.24, 2.45) is 5.92 Å². The van der Waals surface area contributed by atoms with Gasteiger partial charge in [0.15, 0.2) is 5.01 Å². The molecule has 0 aromatic carbocycles. The summed E-state index contributed by atoms with van der Waals surface area (Å²) in [7, 11) is 0. The number of hydrogen-bond donors (Lipinski definition) is 3. The van der Waals surface area contributed by atoms with Gasteiger partial charge >= 0.3 is 6.18 Å². The third-order valence-corrected chi connectivity index (χ3v) is 6.11. The Morgan fingerprint density at radius 1 is 1.33 bits per heavy atom. The van der Waals surface area contributed by atoms with Crippen LogP contribution in [-0.2, 0) is 6.18 Å². The number of aliphatic hydroxyl groups is 1. The molecule has 1 aliphatic carbocycles. The van der Waals surface area contributed by atoms with Crippen molar-refractivity contribution in [2.75, 3.05) is 18.4 Å². The number of carbonyl (C=O) groups excluding carboxylic acids is 1. The van der Waals surface area contributed by atoms with E-state index in [0.717, 1.165) is 36.7 Å². The number of nitrogens with one attached hydrogen (secondary N) is 2. The third kappa shape index (κ3) is 5.48. The highest BCUT2D eigenvalue weighted by atomic mass is 32.1. The number of alkyl halides is 3. The van der Waals surface area contributed by atoms with Crippen LogP contribution in [0.3, 0.4) is 0 Å². The van der Waals surface area contributed by atoms with Crippen LogP contribution in [0.15, 0.2) is 12.3 Å². The molecular weight excluding hydrogens is 417 g/mol. The van der Waals surface area contributed by atoms with Crippen LogP contribution < -0.4 is 10.6 Å². The Morgan fingerprint density at radius 2 is 2.03 bits per heavy atom. The second-order valence-electron chi connectivity index (χ2n) is 8.22. The first kappa shape index (κ1) is 22.5. The van der Waals surface area contributed by atoms with E-state index in [0.29, 0.717) is 18.2 Å². The Morgan fingerprint density at radius 3 is 2.60 bits per heavy atom. The van der Waals surface area contributed by atoms with E-state index in [1.807, 2.05) is 0 Å². The van der Waals surface area contributed by atoms with Gasteiger partial charge in [0.05, 0.1) is 21.7 Å². The lowest BCUT2D eigenvalue weighted by Crippen LogP contribution is -2.38. The van der Waals surface area contributed by atoms with Crippen LogP contribution in [0, 0.1) is 12.8 Å². The zero-order chi connectivity index (χ0) is 22.1. The minimum Gasteiger partial charge on any atom is -0.389 e. The number of carbonyl (C=O) groups is 1. The first-order valence-electron chi connectivity index (χ1n) is 9.73. The van der Waals surface area contributed by atoms with Crippen LogP contribution in [0.2, 0.25) is 0 Å². The van der Waals surface area contributed by atoms with Gasteiger partial charge in [-0.05, 0) is 45.6 Å². The maximum Gasteiger partial charge on any atom is 0.417 e. The highest BCUT2D eigenvalue weighted by Crippen LogP contribution is 2.41. The third-order valence-electron chi connectivity index (χ3n) is 4.92. The van der Waals surface area contributed by atoms with Crippen LogP contribution in [0.1, 0.15) is 54.2 Å². The molecule has 0 spiro atoms. The standard InChI is InChI=1S/C20H25F3N4O2S/c1-11-16(30-18(27-11)17(28)26-10-19(2,3)29)13-9-25-15(7-14(13)20(21,22)23)24-8-12-5-4-6-12/h7,9,12,29H,4-6,8,10H2,1-3H3,(H,24,25)(H,26,28). The van der Waals surface area contributed by atoms with Crippen molar-refractivity contribution < 1.29 is 23.1 Å². The smallest absolute Gasteiger partial charge is 0.389 e. The van der Waals surface area contributed by atoms with E-state index in [4.69, 9.17) is 0 Å². The summed E-state index contributed by atoms with van der Waals surface area (Å²) in [5.41, 5.74) is -1.71. The maximum absolute atomic E-state index is 13.8. The Kier molecular flexibility index (Phi) is 6.37. The van der Waals surface area contributed by atoms with E-state index >= 15 is 0 Å². The van der Waals surface area contributed by atoms with Crippen molar-refractivity contribution in [1.82, 2.24) is 15.3 Å². The van der Waals surface area contributed by atoms with Crippen molar-refractivity contribution >= 4 is 23.1 Å². The predicted octanol–water partition coefficient (Wildman–Crippen LogP) is 4.25. The molecule has 6 nitrogen and oxygen atoms in total. The summed E-state index contributed by atoms with van der Waals surface area (Å²) < 4.78 is 41.3. The molecule has 1 saturated carbocycles. The van der Waals surface area contributed by atoms with Crippen molar-refractivity contribution in [1.29, 1.82) is 0 Å². The Labute approximate surface area is 176 Å². The van der Waals surface area contributed by atoms with Crippen molar-refractivity contribution in [3.05, 3.63) is 28.5 Å². The second kappa shape index (κ2) is 8.50. The number of amides is 1. The molecule has 0 saturated heterocycles. The van der Waals surface area contributed by atoms with Crippen LogP contribution in [0.5, 0.6) is 0 Å². The molecule has 3 rings (SSSR count). The summed E-state index contributed by atoms with van der Waals surface area (Å²) in [4.78, 5) is 20.8. The zero-order valence-corrected chi connectivity index (χ0v) is 17.9. The minimum absolute atomic E-state index is 0.00346. The summed E-state index contributed by atoms with van der Waals surface area (Å²) >= 11 is 0.873. The summed E-state index contributed by atoms with van der Waals surface area (Å²) in [6.45, 7) is 5.23. The number of thiazole rings is 1. The number of nitrogens with zero attached hydrogens (tertiary/aromatic N) is 2. The van der Waals surface area contributed by atoms with Crippen LogP contribution >= 0.6 is 11.3 Å². The highest BCUT2D eigenvalue weighted by molar-refractivity contribution is 7.17. The van der Waals surface area contributed by atoms with Gasteiger partial charge in [-0.25, -0.2) is 9.97 Å². The molecule has 3 N–H and O–H groups in total. The number of hydrogen-bond acceptors (Lipinski definition) is 6. The molecule has 0 radical (unpaired) electrons. The number of aryl methyl sites for hydroxylation is 1. The molecule has 0 atom stereocenters. The van der Waals surface area contributed by atoms with Crippen LogP contribution in [-0.4, -0.2) is 39.7 Å². The highest BCUT2D eigenvalue weighted by Gasteiger charge is 2.36. The molecule has 164 valence electrons. The van der Waals surface area contributed by atoms with Gasteiger partial charge in [0.1, 0.15) is 5.82 Å². The summed E-state index contributed by atoms with van der Waals surface area (Å²) in [5.74, 6) is 0.120. The number of aromatic nitrogens is 2. The molecule has 1 fully saturated rings. The molecule has 1 amide bonds. The quantitative estimate of drug-likeness (QED) is 0.597. The van der Waals surface area contributed by atoms with Crippen LogP contribution in [0.25, 0.3) is 10.4 Å². The van der Waals surface area contributed by atoms with Crippen molar-refractivity contribution in [2.45, 2.75) is 51.8 Å². The summed E-state index contributed by atoms with van der Waals surface area (Å²) in [5, 5.41) is 15.3. The first-order chi connectivity index (χ1) is 13.9. The van der Waals surface area contributed by atoms with E-state index in [9.17, 15) is 23.1 Å². The fourth-order valence-corrected chi connectivity index (χ4v) is 4.04. The van der Waals surface area contributed by atoms with E-state index < -0.39 is 23.2 Å². The Balaban J connectivity index is 1.86. The lowest BCUT2D eigenvalue weighted by molar-refractivity contribution is -0.137. The fourth-order valence-electron chi connectivity index (χ4n) is 3.03. The molecule has 10 heteroatoms. The number of halogens is 3. The average molecular weight is 443 g/mol. The van der Waals surface area contributed by atoms with E-state index in [1.54, 1.807) is 6.92 Å². The minimum atomic E-state index is -4.58. The van der Waals surface area contributed by atoms with Gasteiger partial charge in [-0.15, -0.1) is 11.3 Å². The van der Waals surface area contributed by atoms with E-state index in [1.165, 1.54) is 20.0 Å². The monoisotopic (exact) mass is 442 g/mol. The zero-order valence-electron chi connectivity index (χ0n) is 17.1. The number of pyridine rings is 1. The average Bonchev–Trinajstić information content (AvgIpc) is 2.98. The molecule has 0 bridgehead atoms. The lowest BCUT2D eigenvalue weighted by atomic mass is 9.85. The molecule has 0 aliphatic heterocycles. The molecule has 30 heavy (non-hydrogen) atoms. The van der Waals surface area contributed by atoms with E-state index in [2.05, 4.69) is 20.6 Å². The molecular formula is C20H25F3N4O2S.